The summed E-state index contributed by atoms with van der Waals surface area (Å²) in [5, 5.41) is 9.93. The average Bonchev–Trinajstić information content (AvgIpc) is 2.20. The maximum absolute atomic E-state index is 11.5. The predicted molar refractivity (Wildman–Crippen MR) is 61.2 cm³/mol. The molecule has 1 rings (SSSR count). The van der Waals surface area contributed by atoms with E-state index in [0.29, 0.717) is 11.4 Å². The van der Waals surface area contributed by atoms with Gasteiger partial charge in [0.05, 0.1) is 0 Å². The van der Waals surface area contributed by atoms with Gasteiger partial charge in [-0.25, -0.2) is 0 Å². The van der Waals surface area contributed by atoms with E-state index in [0.717, 1.165) is 11.1 Å². The molecule has 0 aliphatic carbocycles. The number of ketones is 1. The fourth-order valence-corrected chi connectivity index (χ4v) is 1.63. The molecule has 0 saturated carbocycles. The lowest BCUT2D eigenvalue weighted by Crippen LogP contribution is -2.21. The molecular weight excluding hydrogens is 212 g/mol. The molecule has 0 heterocycles. The highest BCUT2D eigenvalue weighted by molar-refractivity contribution is 6.31. The van der Waals surface area contributed by atoms with Gasteiger partial charge in [-0.3, -0.25) is 4.79 Å². The topological polar surface area (TPSA) is 37.3 Å². The molecule has 0 aromatic heterocycles. The fraction of sp³-hybridized carbons (Fsp3) is 0.417. The Morgan fingerprint density at radius 2 is 2.20 bits per heavy atom. The van der Waals surface area contributed by atoms with Crippen molar-refractivity contribution in [3.8, 4) is 0 Å². The van der Waals surface area contributed by atoms with Gasteiger partial charge in [0, 0.05) is 11.4 Å². The molecule has 1 N–H and O–H groups in total. The molecule has 0 aliphatic rings. The van der Waals surface area contributed by atoms with Crippen molar-refractivity contribution in [2.45, 2.75) is 32.8 Å². The van der Waals surface area contributed by atoms with E-state index in [-0.39, 0.29) is 12.2 Å². The maximum Gasteiger partial charge on any atom is 0.165 e. The van der Waals surface area contributed by atoms with E-state index < -0.39 is 6.10 Å². The normalized spacial score (nSPS) is 12.5. The van der Waals surface area contributed by atoms with Crippen LogP contribution in [0.15, 0.2) is 18.2 Å². The Morgan fingerprint density at radius 1 is 1.53 bits per heavy atom. The van der Waals surface area contributed by atoms with Crippen LogP contribution in [-0.4, -0.2) is 17.0 Å². The minimum atomic E-state index is -0.873. The summed E-state index contributed by atoms with van der Waals surface area (Å²) < 4.78 is 0. The molecule has 0 spiro atoms. The third kappa shape index (κ3) is 3.33. The zero-order chi connectivity index (χ0) is 11.4. The second-order valence-corrected chi connectivity index (χ2v) is 4.07. The summed E-state index contributed by atoms with van der Waals surface area (Å²) in [6, 6.07) is 5.56. The Hall–Kier alpha value is -0.860. The molecule has 3 heteroatoms. The lowest BCUT2D eigenvalue weighted by molar-refractivity contribution is -0.126. The number of hydrogen-bond donors (Lipinski definition) is 1. The van der Waals surface area contributed by atoms with E-state index in [1.165, 1.54) is 0 Å². The first kappa shape index (κ1) is 12.2. The summed E-state index contributed by atoms with van der Waals surface area (Å²) in [5.41, 5.74) is 1.84. The number of Topliss-reactive ketones (excluding diaryl/α,β-unsaturated/α-hetero) is 1. The Morgan fingerprint density at radius 3 is 2.73 bits per heavy atom. The lowest BCUT2D eigenvalue weighted by atomic mass is 10.0. The molecule has 0 amide bonds. The van der Waals surface area contributed by atoms with Gasteiger partial charge in [0.15, 0.2) is 5.78 Å². The van der Waals surface area contributed by atoms with Crippen molar-refractivity contribution in [3.63, 3.8) is 0 Å². The van der Waals surface area contributed by atoms with Crippen molar-refractivity contribution in [1.82, 2.24) is 0 Å². The number of hydrogen-bond acceptors (Lipinski definition) is 2. The lowest BCUT2D eigenvalue weighted by Gasteiger charge is -2.08. The highest BCUT2D eigenvalue weighted by Gasteiger charge is 2.14. The van der Waals surface area contributed by atoms with Crippen LogP contribution in [0, 0.1) is 6.92 Å². The van der Waals surface area contributed by atoms with Gasteiger partial charge in [0.2, 0.25) is 0 Å². The van der Waals surface area contributed by atoms with E-state index in [2.05, 4.69) is 0 Å². The molecule has 0 saturated heterocycles. The third-order valence-corrected chi connectivity index (χ3v) is 2.68. The van der Waals surface area contributed by atoms with Gasteiger partial charge in [-0.1, -0.05) is 30.7 Å². The van der Waals surface area contributed by atoms with E-state index >= 15 is 0 Å². The van der Waals surface area contributed by atoms with Crippen LogP contribution >= 0.6 is 11.6 Å². The summed E-state index contributed by atoms with van der Waals surface area (Å²) in [4.78, 5) is 11.5. The van der Waals surface area contributed by atoms with Crippen LogP contribution in [0.5, 0.6) is 0 Å². The van der Waals surface area contributed by atoms with Gasteiger partial charge in [0.1, 0.15) is 6.10 Å². The van der Waals surface area contributed by atoms with Gasteiger partial charge in [-0.05, 0) is 30.5 Å². The Balaban J connectivity index is 2.77. The van der Waals surface area contributed by atoms with Crippen molar-refractivity contribution in [2.24, 2.45) is 0 Å². The minimum Gasteiger partial charge on any atom is -0.385 e. The standard InChI is InChI=1S/C12H15ClO2/c1-3-11(14)12(15)7-9-5-4-8(2)6-10(9)13/h4-6,11,14H,3,7H2,1-2H3. The van der Waals surface area contributed by atoms with Crippen LogP contribution in [0.2, 0.25) is 5.02 Å². The molecule has 15 heavy (non-hydrogen) atoms. The van der Waals surface area contributed by atoms with Gasteiger partial charge < -0.3 is 5.11 Å². The SMILES string of the molecule is CCC(O)C(=O)Cc1ccc(C)cc1Cl. The average molecular weight is 227 g/mol. The number of rotatable bonds is 4. The molecule has 1 aromatic rings. The first-order valence-electron chi connectivity index (χ1n) is 5.00. The third-order valence-electron chi connectivity index (χ3n) is 2.33. The molecule has 1 aromatic carbocycles. The first-order chi connectivity index (χ1) is 7.04. The molecule has 0 bridgehead atoms. The van der Waals surface area contributed by atoms with Crippen molar-refractivity contribution in [2.75, 3.05) is 0 Å². The van der Waals surface area contributed by atoms with Crippen LogP contribution in [0.4, 0.5) is 0 Å². The summed E-state index contributed by atoms with van der Waals surface area (Å²) in [5.74, 6) is -0.178. The largest absolute Gasteiger partial charge is 0.385 e. The molecule has 82 valence electrons. The molecule has 1 atom stereocenters. The van der Waals surface area contributed by atoms with E-state index in [9.17, 15) is 9.90 Å². The highest BCUT2D eigenvalue weighted by atomic mass is 35.5. The number of aliphatic hydroxyl groups is 1. The number of aryl methyl sites for hydroxylation is 1. The quantitative estimate of drug-likeness (QED) is 0.857. The second-order valence-electron chi connectivity index (χ2n) is 3.66. The molecule has 1 unspecified atom stereocenters. The number of benzene rings is 1. The van der Waals surface area contributed by atoms with Crippen LogP contribution < -0.4 is 0 Å². The van der Waals surface area contributed by atoms with Gasteiger partial charge in [0.25, 0.3) is 0 Å². The Bertz CT molecular complexity index is 361. The van der Waals surface area contributed by atoms with Gasteiger partial charge in [-0.15, -0.1) is 0 Å². The number of aliphatic hydroxyl groups excluding tert-OH is 1. The van der Waals surface area contributed by atoms with Crippen molar-refractivity contribution in [1.29, 1.82) is 0 Å². The maximum atomic E-state index is 11.5. The number of halogens is 1. The Kier molecular flexibility index (Phi) is 4.30. The van der Waals surface area contributed by atoms with E-state index in [1.54, 1.807) is 6.92 Å². The van der Waals surface area contributed by atoms with Crippen LogP contribution in [0.1, 0.15) is 24.5 Å². The molecule has 0 fully saturated rings. The van der Waals surface area contributed by atoms with Crippen LogP contribution in [-0.2, 0) is 11.2 Å². The smallest absolute Gasteiger partial charge is 0.165 e. The Labute approximate surface area is 94.9 Å². The first-order valence-corrected chi connectivity index (χ1v) is 5.38. The second kappa shape index (κ2) is 5.29. The summed E-state index contributed by atoms with van der Waals surface area (Å²) in [6.07, 6.45) is -0.224. The molecule has 0 radical (unpaired) electrons. The van der Waals surface area contributed by atoms with Crippen LogP contribution in [0.25, 0.3) is 0 Å². The molecule has 0 aliphatic heterocycles. The monoisotopic (exact) mass is 226 g/mol. The number of carbonyl (C=O) groups is 1. The fourth-order valence-electron chi connectivity index (χ4n) is 1.33. The number of carbonyl (C=O) groups excluding carboxylic acids is 1. The van der Waals surface area contributed by atoms with Crippen molar-refractivity contribution < 1.29 is 9.90 Å². The molecule has 2 nitrogen and oxygen atoms in total. The highest BCUT2D eigenvalue weighted by Crippen LogP contribution is 2.18. The van der Waals surface area contributed by atoms with E-state index in [4.69, 9.17) is 11.6 Å². The molecular formula is C12H15ClO2. The minimum absolute atomic E-state index is 0.178. The zero-order valence-corrected chi connectivity index (χ0v) is 9.71. The van der Waals surface area contributed by atoms with Gasteiger partial charge >= 0.3 is 0 Å². The summed E-state index contributed by atoms with van der Waals surface area (Å²) >= 11 is 5.99. The predicted octanol–water partition coefficient (Wildman–Crippen LogP) is 2.53. The van der Waals surface area contributed by atoms with Gasteiger partial charge in [-0.2, -0.15) is 0 Å². The van der Waals surface area contributed by atoms with Crippen molar-refractivity contribution in [3.05, 3.63) is 34.3 Å². The summed E-state index contributed by atoms with van der Waals surface area (Å²) in [7, 11) is 0. The van der Waals surface area contributed by atoms with E-state index in [1.807, 2.05) is 25.1 Å². The summed E-state index contributed by atoms with van der Waals surface area (Å²) in [6.45, 7) is 3.72. The van der Waals surface area contributed by atoms with Crippen LogP contribution in [0.3, 0.4) is 0 Å². The zero-order valence-electron chi connectivity index (χ0n) is 8.96. The van der Waals surface area contributed by atoms with Crippen molar-refractivity contribution >= 4 is 17.4 Å².